The molecule has 1 N–H and O–H groups in total. The lowest BCUT2D eigenvalue weighted by Crippen LogP contribution is -2.43. The summed E-state index contributed by atoms with van der Waals surface area (Å²) >= 11 is 0. The van der Waals surface area contributed by atoms with Gasteiger partial charge in [0, 0.05) is 26.6 Å². The average molecular weight is 410 g/mol. The predicted molar refractivity (Wildman–Crippen MR) is 112 cm³/mol. The van der Waals surface area contributed by atoms with Gasteiger partial charge in [0.1, 0.15) is 5.75 Å². The van der Waals surface area contributed by atoms with E-state index in [1.807, 2.05) is 36.2 Å². The first-order chi connectivity index (χ1) is 13.0. The van der Waals surface area contributed by atoms with Crippen molar-refractivity contribution in [2.75, 3.05) is 40.8 Å². The van der Waals surface area contributed by atoms with Crippen molar-refractivity contribution in [3.05, 3.63) is 29.8 Å². The van der Waals surface area contributed by atoms with E-state index in [-0.39, 0.29) is 36.2 Å². The number of halogens is 1. The Kier molecular flexibility index (Phi) is 8.13. The Morgan fingerprint density at radius 1 is 1.21 bits per heavy atom. The largest absolute Gasteiger partial charge is 0.497 e. The molecule has 0 radical (unpaired) electrons. The van der Waals surface area contributed by atoms with E-state index < -0.39 is 0 Å². The second-order valence-corrected chi connectivity index (χ2v) is 7.69. The van der Waals surface area contributed by atoms with Gasteiger partial charge in [-0.05, 0) is 56.5 Å². The number of likely N-dealkylation sites (tertiary alicyclic amines) is 2. The van der Waals surface area contributed by atoms with Crippen molar-refractivity contribution in [2.45, 2.75) is 31.7 Å². The molecule has 2 saturated heterocycles. The smallest absolute Gasteiger partial charge is 0.228 e. The Morgan fingerprint density at radius 2 is 1.86 bits per heavy atom. The van der Waals surface area contributed by atoms with Crippen molar-refractivity contribution in [1.82, 2.24) is 15.1 Å². The summed E-state index contributed by atoms with van der Waals surface area (Å²) < 4.78 is 5.23. The van der Waals surface area contributed by atoms with Crippen molar-refractivity contribution in [2.24, 2.45) is 11.8 Å². The Bertz CT molecular complexity index is 659. The lowest BCUT2D eigenvalue weighted by molar-refractivity contribution is -0.138. The SMILES string of the molecule is CNCCC1CCN(C(=O)C2CC(=O)N(C)C2c2ccc(OC)cc2)CC1.Cl. The summed E-state index contributed by atoms with van der Waals surface area (Å²) in [7, 11) is 5.41. The summed E-state index contributed by atoms with van der Waals surface area (Å²) in [5.74, 6) is 1.33. The molecule has 0 saturated carbocycles. The topological polar surface area (TPSA) is 61.9 Å². The number of hydrogen-bond acceptors (Lipinski definition) is 4. The van der Waals surface area contributed by atoms with E-state index in [1.165, 1.54) is 0 Å². The van der Waals surface area contributed by atoms with Gasteiger partial charge in [0.25, 0.3) is 0 Å². The monoisotopic (exact) mass is 409 g/mol. The first kappa shape index (κ1) is 22.5. The summed E-state index contributed by atoms with van der Waals surface area (Å²) in [6.45, 7) is 2.63. The summed E-state index contributed by atoms with van der Waals surface area (Å²) in [5.41, 5.74) is 0.992. The Labute approximate surface area is 174 Å². The molecule has 2 atom stereocenters. The van der Waals surface area contributed by atoms with Crippen LogP contribution in [0.3, 0.4) is 0 Å². The van der Waals surface area contributed by atoms with Crippen LogP contribution in [0.5, 0.6) is 5.75 Å². The van der Waals surface area contributed by atoms with Gasteiger partial charge in [-0.2, -0.15) is 0 Å². The summed E-state index contributed by atoms with van der Waals surface area (Å²) in [6.07, 6.45) is 3.57. The zero-order valence-electron chi connectivity index (χ0n) is 17.0. The number of benzene rings is 1. The number of piperidine rings is 1. The van der Waals surface area contributed by atoms with Crippen LogP contribution in [-0.2, 0) is 9.59 Å². The number of ether oxygens (including phenoxy) is 1. The number of nitrogens with one attached hydrogen (secondary N) is 1. The Hall–Kier alpha value is -1.79. The minimum atomic E-state index is -0.301. The molecule has 28 heavy (non-hydrogen) atoms. The van der Waals surface area contributed by atoms with Crippen LogP contribution < -0.4 is 10.1 Å². The number of hydrogen-bond donors (Lipinski definition) is 1. The maximum Gasteiger partial charge on any atom is 0.228 e. The van der Waals surface area contributed by atoms with Crippen molar-refractivity contribution in [3.8, 4) is 5.75 Å². The van der Waals surface area contributed by atoms with Gasteiger partial charge < -0.3 is 19.9 Å². The summed E-state index contributed by atoms with van der Waals surface area (Å²) in [4.78, 5) is 29.3. The molecule has 1 aromatic carbocycles. The van der Waals surface area contributed by atoms with Crippen molar-refractivity contribution < 1.29 is 14.3 Å². The van der Waals surface area contributed by atoms with E-state index >= 15 is 0 Å². The number of carbonyl (C=O) groups is 2. The quantitative estimate of drug-likeness (QED) is 0.784. The van der Waals surface area contributed by atoms with Crippen LogP contribution in [0.1, 0.15) is 37.3 Å². The molecule has 156 valence electrons. The average Bonchev–Trinajstić information content (AvgIpc) is 3.01. The predicted octanol–water partition coefficient (Wildman–Crippen LogP) is 2.48. The Morgan fingerprint density at radius 3 is 2.43 bits per heavy atom. The van der Waals surface area contributed by atoms with Gasteiger partial charge in [-0.25, -0.2) is 0 Å². The van der Waals surface area contributed by atoms with Gasteiger partial charge in [0.15, 0.2) is 0 Å². The molecular weight excluding hydrogens is 378 g/mol. The molecule has 2 unspecified atom stereocenters. The minimum absolute atomic E-state index is 0. The Balaban J connectivity index is 0.00000280. The van der Waals surface area contributed by atoms with Crippen LogP contribution in [0.15, 0.2) is 24.3 Å². The lowest BCUT2D eigenvalue weighted by atomic mass is 9.89. The molecule has 0 bridgehead atoms. The lowest BCUT2D eigenvalue weighted by Gasteiger charge is -2.35. The third-order valence-electron chi connectivity index (χ3n) is 6.09. The number of carbonyl (C=O) groups excluding carboxylic acids is 2. The minimum Gasteiger partial charge on any atom is -0.497 e. The third-order valence-corrected chi connectivity index (χ3v) is 6.09. The number of nitrogens with zero attached hydrogens (tertiary/aromatic N) is 2. The molecule has 3 rings (SSSR count). The molecule has 0 aliphatic carbocycles. The van der Waals surface area contributed by atoms with Crippen LogP contribution >= 0.6 is 12.4 Å². The highest BCUT2D eigenvalue weighted by atomic mass is 35.5. The first-order valence-electron chi connectivity index (χ1n) is 9.88. The van der Waals surface area contributed by atoms with Crippen LogP contribution in [0, 0.1) is 11.8 Å². The molecule has 2 amide bonds. The van der Waals surface area contributed by atoms with Gasteiger partial charge in [-0.1, -0.05) is 12.1 Å². The molecule has 0 aromatic heterocycles. The van der Waals surface area contributed by atoms with Crippen LogP contribution in [0.25, 0.3) is 0 Å². The van der Waals surface area contributed by atoms with E-state index in [1.54, 1.807) is 19.1 Å². The summed E-state index contributed by atoms with van der Waals surface area (Å²) in [6, 6.07) is 7.51. The van der Waals surface area contributed by atoms with Crippen molar-refractivity contribution >= 4 is 24.2 Å². The molecule has 7 heteroatoms. The van der Waals surface area contributed by atoms with Gasteiger partial charge in [-0.3, -0.25) is 9.59 Å². The zero-order valence-corrected chi connectivity index (χ0v) is 17.8. The zero-order chi connectivity index (χ0) is 19.4. The van der Waals surface area contributed by atoms with E-state index in [2.05, 4.69) is 5.32 Å². The fourth-order valence-corrected chi connectivity index (χ4v) is 4.37. The van der Waals surface area contributed by atoms with E-state index in [9.17, 15) is 9.59 Å². The van der Waals surface area contributed by atoms with Crippen molar-refractivity contribution in [1.29, 1.82) is 0 Å². The first-order valence-corrected chi connectivity index (χ1v) is 9.88. The van der Waals surface area contributed by atoms with Crippen LogP contribution in [-0.4, -0.2) is 62.5 Å². The third kappa shape index (κ3) is 4.78. The standard InChI is InChI=1S/C21H31N3O3.ClH/c1-22-11-8-15-9-12-24(13-10-15)21(26)18-14-19(25)23(2)20(18)16-4-6-17(27-3)7-5-16;/h4-7,15,18,20,22H,8-14H2,1-3H3;1H. The summed E-state index contributed by atoms with van der Waals surface area (Å²) in [5, 5.41) is 3.20. The molecule has 2 fully saturated rings. The van der Waals surface area contributed by atoms with E-state index in [0.29, 0.717) is 12.3 Å². The highest BCUT2D eigenvalue weighted by Gasteiger charge is 2.44. The van der Waals surface area contributed by atoms with Gasteiger partial charge in [-0.15, -0.1) is 12.4 Å². The maximum absolute atomic E-state index is 13.2. The molecule has 2 heterocycles. The fourth-order valence-electron chi connectivity index (χ4n) is 4.37. The maximum atomic E-state index is 13.2. The normalized spacial score (nSPS) is 22.9. The molecule has 2 aliphatic rings. The van der Waals surface area contributed by atoms with E-state index in [4.69, 9.17) is 4.74 Å². The molecule has 1 aromatic rings. The molecule has 0 spiro atoms. The molecule has 6 nitrogen and oxygen atoms in total. The van der Waals surface area contributed by atoms with Gasteiger partial charge in [0.05, 0.1) is 19.1 Å². The second kappa shape index (κ2) is 10.1. The van der Waals surface area contributed by atoms with Gasteiger partial charge >= 0.3 is 0 Å². The molecule has 2 aliphatic heterocycles. The number of rotatable bonds is 6. The molecular formula is C21H32ClN3O3. The fraction of sp³-hybridized carbons (Fsp3) is 0.619. The van der Waals surface area contributed by atoms with Crippen LogP contribution in [0.2, 0.25) is 0 Å². The van der Waals surface area contributed by atoms with Gasteiger partial charge in [0.2, 0.25) is 11.8 Å². The number of methoxy groups -OCH3 is 1. The van der Waals surface area contributed by atoms with Crippen molar-refractivity contribution in [3.63, 3.8) is 0 Å². The highest BCUT2D eigenvalue weighted by Crippen LogP contribution is 2.39. The second-order valence-electron chi connectivity index (χ2n) is 7.69. The number of amides is 2. The van der Waals surface area contributed by atoms with E-state index in [0.717, 1.165) is 50.2 Å². The highest BCUT2D eigenvalue weighted by molar-refractivity contribution is 5.90. The van der Waals surface area contributed by atoms with Crippen LogP contribution in [0.4, 0.5) is 0 Å².